The number of aromatic amines is 1. The third kappa shape index (κ3) is 1.14. The number of nitrogens with zero attached hydrogens (tertiary/aromatic N) is 1. The third-order valence-electron chi connectivity index (χ3n) is 4.16. The van der Waals surface area contributed by atoms with Gasteiger partial charge in [0.2, 0.25) is 0 Å². The molecule has 4 heteroatoms. The van der Waals surface area contributed by atoms with Crippen molar-refractivity contribution in [2.75, 3.05) is 0 Å². The van der Waals surface area contributed by atoms with Crippen molar-refractivity contribution in [3.63, 3.8) is 0 Å². The van der Waals surface area contributed by atoms with Gasteiger partial charge < -0.3 is 0 Å². The number of rotatable bonds is 0. The molecule has 0 saturated carbocycles. The second-order valence-corrected chi connectivity index (χ2v) is 5.24. The maximum absolute atomic E-state index is 12.2. The zero-order chi connectivity index (χ0) is 14.1. The lowest BCUT2D eigenvalue weighted by Gasteiger charge is -1.97. The van der Waals surface area contributed by atoms with Gasteiger partial charge in [0.15, 0.2) is 0 Å². The summed E-state index contributed by atoms with van der Waals surface area (Å²) < 4.78 is 0. The van der Waals surface area contributed by atoms with Gasteiger partial charge >= 0.3 is 0 Å². The number of para-hydroxylation sites is 1. The van der Waals surface area contributed by atoms with Gasteiger partial charge in [-0.25, -0.2) is 4.98 Å². The average Bonchev–Trinajstić information content (AvgIpc) is 3.14. The minimum Gasteiger partial charge on any atom is -0.288 e. The summed E-state index contributed by atoms with van der Waals surface area (Å²) in [6, 6.07) is 13.4. The second-order valence-electron chi connectivity index (χ2n) is 5.24. The van der Waals surface area contributed by atoms with Crippen LogP contribution in [0.2, 0.25) is 0 Å². The molecule has 0 atom stereocenters. The van der Waals surface area contributed by atoms with E-state index in [1.165, 1.54) is 0 Å². The predicted molar refractivity (Wildman–Crippen MR) is 83.5 cm³/mol. The molecular weight excluding hydrogens is 264 g/mol. The summed E-state index contributed by atoms with van der Waals surface area (Å²) in [7, 11) is 0. The second kappa shape index (κ2) is 3.35. The molecule has 2 heterocycles. The molecule has 0 unspecified atom stereocenters. The van der Waals surface area contributed by atoms with Crippen LogP contribution in [0.4, 0.5) is 0 Å². The fourth-order valence-electron chi connectivity index (χ4n) is 3.33. The smallest absolute Gasteiger partial charge is 0.259 e. The Kier molecular flexibility index (Phi) is 1.72. The van der Waals surface area contributed by atoms with Crippen molar-refractivity contribution in [2.24, 2.45) is 0 Å². The summed E-state index contributed by atoms with van der Waals surface area (Å²) in [5.74, 6) is 0. The molecule has 0 amide bonds. The number of hydrogen-bond donors (Lipinski definition) is 1. The SMILES string of the molecule is O=c1[nH]c(=O)c2c1c1cccc1c1nc3ccccc3c12. The van der Waals surface area contributed by atoms with E-state index < -0.39 is 0 Å². The molecule has 0 bridgehead atoms. The molecule has 1 N–H and O–H groups in total. The molecule has 2 aromatic heterocycles. The molecule has 0 spiro atoms. The largest absolute Gasteiger partial charge is 0.288 e. The Bertz CT molecular complexity index is 1270. The molecule has 4 nitrogen and oxygen atoms in total. The van der Waals surface area contributed by atoms with E-state index in [1.807, 2.05) is 42.5 Å². The van der Waals surface area contributed by atoms with E-state index in [0.29, 0.717) is 10.8 Å². The van der Waals surface area contributed by atoms with Crippen LogP contribution in [0, 0.1) is 0 Å². The van der Waals surface area contributed by atoms with E-state index in [9.17, 15) is 9.59 Å². The van der Waals surface area contributed by atoms with Crippen molar-refractivity contribution in [3.8, 4) is 0 Å². The standard InChI is InChI=1S/C17H8N2O2/c20-16-13-8-5-3-6-9(8)15-12(14(13)17(21)19-16)10-4-1-2-7-11(10)18-15/h1-7H,(H,19,20,21). The highest BCUT2D eigenvalue weighted by Gasteiger charge is 2.19. The highest BCUT2D eigenvalue weighted by atomic mass is 16.2. The molecular formula is C17H8N2O2. The topological polar surface area (TPSA) is 62.8 Å². The maximum Gasteiger partial charge on any atom is 0.259 e. The monoisotopic (exact) mass is 272 g/mol. The number of hydrogen-bond acceptors (Lipinski definition) is 3. The first kappa shape index (κ1) is 10.7. The zero-order valence-corrected chi connectivity index (χ0v) is 10.8. The Hall–Kier alpha value is -3.01. The number of H-pyrrole nitrogens is 1. The predicted octanol–water partition coefficient (Wildman–Crippen LogP) is 2.62. The van der Waals surface area contributed by atoms with Gasteiger partial charge in [-0.15, -0.1) is 0 Å². The zero-order valence-electron chi connectivity index (χ0n) is 10.8. The number of aromatic nitrogens is 2. The summed E-state index contributed by atoms with van der Waals surface area (Å²) in [4.78, 5) is 31.4. The van der Waals surface area contributed by atoms with Crippen molar-refractivity contribution >= 4 is 43.4 Å². The van der Waals surface area contributed by atoms with Crippen molar-refractivity contribution in [1.29, 1.82) is 0 Å². The molecule has 0 fully saturated rings. The van der Waals surface area contributed by atoms with Crippen molar-refractivity contribution in [2.45, 2.75) is 0 Å². The van der Waals surface area contributed by atoms with Crippen molar-refractivity contribution in [3.05, 3.63) is 63.2 Å². The van der Waals surface area contributed by atoms with E-state index >= 15 is 0 Å². The molecule has 0 aliphatic heterocycles. The van der Waals surface area contributed by atoms with Gasteiger partial charge in [0.05, 0.1) is 21.8 Å². The van der Waals surface area contributed by atoms with Gasteiger partial charge in [-0.3, -0.25) is 14.6 Å². The first-order chi connectivity index (χ1) is 10.3. The quantitative estimate of drug-likeness (QED) is 0.471. The van der Waals surface area contributed by atoms with Gasteiger partial charge in [-0.2, -0.15) is 0 Å². The van der Waals surface area contributed by atoms with Gasteiger partial charge in [0, 0.05) is 16.2 Å². The Morgan fingerprint density at radius 2 is 1.43 bits per heavy atom. The number of nitrogens with one attached hydrogen (secondary N) is 1. The van der Waals surface area contributed by atoms with Crippen LogP contribution in [-0.4, -0.2) is 9.97 Å². The van der Waals surface area contributed by atoms with Gasteiger partial charge in [-0.1, -0.05) is 36.4 Å². The van der Waals surface area contributed by atoms with Crippen LogP contribution in [0.5, 0.6) is 0 Å². The number of fused-ring (bicyclic) bond motifs is 8. The molecule has 0 saturated heterocycles. The van der Waals surface area contributed by atoms with Crippen LogP contribution in [0.3, 0.4) is 0 Å². The highest BCUT2D eigenvalue weighted by molar-refractivity contribution is 6.31. The van der Waals surface area contributed by atoms with Crippen LogP contribution in [-0.2, 0) is 0 Å². The van der Waals surface area contributed by atoms with Crippen LogP contribution in [0.15, 0.2) is 52.1 Å². The Balaban J connectivity index is 2.35. The normalized spacial score (nSPS) is 12.2. The van der Waals surface area contributed by atoms with E-state index in [0.717, 1.165) is 32.6 Å². The number of benzene rings is 2. The van der Waals surface area contributed by atoms with E-state index in [1.54, 1.807) is 0 Å². The lowest BCUT2D eigenvalue weighted by Crippen LogP contribution is -2.05. The lowest BCUT2D eigenvalue weighted by molar-refractivity contribution is 1.26. The molecule has 0 radical (unpaired) electrons. The van der Waals surface area contributed by atoms with Crippen molar-refractivity contribution < 1.29 is 0 Å². The molecule has 5 rings (SSSR count). The lowest BCUT2D eigenvalue weighted by atomic mass is 10.0. The molecule has 21 heavy (non-hydrogen) atoms. The minimum atomic E-state index is -0.332. The first-order valence-corrected chi connectivity index (χ1v) is 6.68. The summed E-state index contributed by atoms with van der Waals surface area (Å²) in [5.41, 5.74) is 0.981. The Labute approximate surface area is 117 Å². The van der Waals surface area contributed by atoms with E-state index in [-0.39, 0.29) is 11.1 Å². The summed E-state index contributed by atoms with van der Waals surface area (Å²) in [6.07, 6.45) is 0. The molecule has 3 aromatic carbocycles. The fourth-order valence-corrected chi connectivity index (χ4v) is 3.33. The van der Waals surface area contributed by atoms with E-state index in [2.05, 4.69) is 9.97 Å². The summed E-state index contributed by atoms with van der Waals surface area (Å²) >= 11 is 0. The van der Waals surface area contributed by atoms with Gasteiger partial charge in [-0.05, 0) is 11.5 Å². The summed E-state index contributed by atoms with van der Waals surface area (Å²) in [5, 5.41) is 4.35. The van der Waals surface area contributed by atoms with Gasteiger partial charge in [0.25, 0.3) is 11.1 Å². The van der Waals surface area contributed by atoms with E-state index in [4.69, 9.17) is 0 Å². The van der Waals surface area contributed by atoms with Crippen LogP contribution in [0.25, 0.3) is 43.4 Å². The average molecular weight is 272 g/mol. The third-order valence-corrected chi connectivity index (χ3v) is 4.16. The van der Waals surface area contributed by atoms with Crippen LogP contribution < -0.4 is 11.1 Å². The van der Waals surface area contributed by atoms with Crippen LogP contribution >= 0.6 is 0 Å². The minimum absolute atomic E-state index is 0.321. The fraction of sp³-hybridized carbons (Fsp3) is 0. The van der Waals surface area contributed by atoms with Gasteiger partial charge in [0.1, 0.15) is 0 Å². The molecule has 5 aromatic rings. The first-order valence-electron chi connectivity index (χ1n) is 6.68. The maximum atomic E-state index is 12.2. The highest BCUT2D eigenvalue weighted by Crippen LogP contribution is 2.36. The van der Waals surface area contributed by atoms with Crippen LogP contribution in [0.1, 0.15) is 0 Å². The molecule has 0 aliphatic carbocycles. The molecule has 98 valence electrons. The van der Waals surface area contributed by atoms with Crippen molar-refractivity contribution in [1.82, 2.24) is 9.97 Å². The molecule has 0 aliphatic rings. The Morgan fingerprint density at radius 3 is 2.33 bits per heavy atom. The summed E-state index contributed by atoms with van der Waals surface area (Å²) in [6.45, 7) is 0. The Morgan fingerprint density at radius 1 is 0.714 bits per heavy atom.